The minimum atomic E-state index is -1.10. The highest BCUT2D eigenvalue weighted by molar-refractivity contribution is 5.80. The number of carbonyl (C=O) groups excluding carboxylic acids is 1. The summed E-state index contributed by atoms with van der Waals surface area (Å²) in [5.41, 5.74) is 5.28. The zero-order valence-corrected chi connectivity index (χ0v) is 13.1. The molecule has 0 amide bonds. The standard InChI is InChI=1S/C16H24FNO3/c1-15(2,3)21-14(19)16(4,18)11-12-5-7-13(8-6-12)20-10-9-17/h5-8H,9-11,18H2,1-4H3/t16-/m0/s1. The predicted octanol–water partition coefficient (Wildman–Crippen LogP) is 2.64. The van der Waals surface area contributed by atoms with E-state index in [1.54, 1.807) is 39.8 Å². The maximum Gasteiger partial charge on any atom is 0.326 e. The lowest BCUT2D eigenvalue weighted by Crippen LogP contribution is -2.50. The molecule has 0 aliphatic carbocycles. The van der Waals surface area contributed by atoms with Gasteiger partial charge in [0.05, 0.1) is 0 Å². The van der Waals surface area contributed by atoms with E-state index in [1.165, 1.54) is 0 Å². The third-order valence-electron chi connectivity index (χ3n) is 2.71. The summed E-state index contributed by atoms with van der Waals surface area (Å²) in [5, 5.41) is 0. The highest BCUT2D eigenvalue weighted by Gasteiger charge is 2.33. The van der Waals surface area contributed by atoms with Crippen LogP contribution in [-0.4, -0.2) is 30.4 Å². The molecule has 0 bridgehead atoms. The van der Waals surface area contributed by atoms with Crippen LogP contribution in [0.4, 0.5) is 4.39 Å². The lowest BCUT2D eigenvalue weighted by atomic mass is 9.93. The molecule has 0 fully saturated rings. The van der Waals surface area contributed by atoms with Crippen LogP contribution in [0.2, 0.25) is 0 Å². The Balaban J connectivity index is 2.68. The van der Waals surface area contributed by atoms with Crippen molar-refractivity contribution >= 4 is 5.97 Å². The summed E-state index contributed by atoms with van der Waals surface area (Å²) in [5.74, 6) is 0.153. The van der Waals surface area contributed by atoms with Crippen molar-refractivity contribution in [1.29, 1.82) is 0 Å². The number of rotatable bonds is 6. The molecule has 21 heavy (non-hydrogen) atoms. The van der Waals surface area contributed by atoms with E-state index in [2.05, 4.69) is 0 Å². The number of ether oxygens (including phenoxy) is 2. The molecule has 0 saturated heterocycles. The summed E-state index contributed by atoms with van der Waals surface area (Å²) in [7, 11) is 0. The van der Waals surface area contributed by atoms with Crippen molar-refractivity contribution in [2.24, 2.45) is 5.73 Å². The number of carbonyl (C=O) groups is 1. The highest BCUT2D eigenvalue weighted by Crippen LogP contribution is 2.19. The van der Waals surface area contributed by atoms with Gasteiger partial charge in [-0.3, -0.25) is 4.79 Å². The molecule has 0 unspecified atom stereocenters. The Morgan fingerprint density at radius 3 is 2.24 bits per heavy atom. The number of nitrogens with two attached hydrogens (primary N) is 1. The van der Waals surface area contributed by atoms with E-state index in [-0.39, 0.29) is 6.61 Å². The monoisotopic (exact) mass is 297 g/mol. The molecule has 1 aromatic carbocycles. The van der Waals surface area contributed by atoms with Crippen LogP contribution in [0.5, 0.6) is 5.75 Å². The van der Waals surface area contributed by atoms with Gasteiger partial charge in [0.25, 0.3) is 0 Å². The molecule has 0 aliphatic heterocycles. The summed E-state index contributed by atoms with van der Waals surface area (Å²) in [4.78, 5) is 12.1. The molecule has 4 nitrogen and oxygen atoms in total. The van der Waals surface area contributed by atoms with Gasteiger partial charge in [-0.1, -0.05) is 12.1 Å². The quantitative estimate of drug-likeness (QED) is 0.820. The maximum atomic E-state index is 12.1. The molecular weight excluding hydrogens is 273 g/mol. The fourth-order valence-electron chi connectivity index (χ4n) is 1.75. The molecule has 118 valence electrons. The second kappa shape index (κ2) is 6.89. The van der Waals surface area contributed by atoms with E-state index >= 15 is 0 Å². The van der Waals surface area contributed by atoms with Crippen molar-refractivity contribution in [1.82, 2.24) is 0 Å². The number of halogens is 1. The SMILES string of the molecule is CC(C)(C)OC(=O)[C@@](C)(N)Cc1ccc(OCCF)cc1. The summed E-state index contributed by atoms with van der Waals surface area (Å²) in [6.07, 6.45) is 0.352. The van der Waals surface area contributed by atoms with Gasteiger partial charge in [0.1, 0.15) is 30.2 Å². The number of esters is 1. The Morgan fingerprint density at radius 2 is 1.76 bits per heavy atom. The zero-order chi connectivity index (χ0) is 16.1. The lowest BCUT2D eigenvalue weighted by molar-refractivity contribution is -0.160. The van der Waals surface area contributed by atoms with Gasteiger partial charge in [-0.2, -0.15) is 0 Å². The third-order valence-corrected chi connectivity index (χ3v) is 2.71. The first-order valence-corrected chi connectivity index (χ1v) is 6.94. The van der Waals surface area contributed by atoms with Crippen molar-refractivity contribution < 1.29 is 18.7 Å². The van der Waals surface area contributed by atoms with E-state index < -0.39 is 23.8 Å². The van der Waals surface area contributed by atoms with E-state index in [0.29, 0.717) is 12.2 Å². The van der Waals surface area contributed by atoms with E-state index in [9.17, 15) is 9.18 Å². The molecule has 0 aliphatic rings. The predicted molar refractivity (Wildman–Crippen MR) is 80.1 cm³/mol. The third kappa shape index (κ3) is 6.12. The van der Waals surface area contributed by atoms with Gasteiger partial charge in [0.15, 0.2) is 0 Å². The molecule has 1 rings (SSSR count). The molecule has 1 aromatic rings. The van der Waals surface area contributed by atoms with Crippen LogP contribution >= 0.6 is 0 Å². The van der Waals surface area contributed by atoms with Crippen LogP contribution in [-0.2, 0) is 16.0 Å². The molecule has 0 heterocycles. The maximum absolute atomic E-state index is 12.1. The van der Waals surface area contributed by atoms with Crippen molar-refractivity contribution in [2.45, 2.75) is 45.3 Å². The first-order chi connectivity index (χ1) is 9.64. The molecule has 2 N–H and O–H groups in total. The smallest absolute Gasteiger partial charge is 0.326 e. The first-order valence-electron chi connectivity index (χ1n) is 6.94. The van der Waals surface area contributed by atoms with Crippen LogP contribution in [0.3, 0.4) is 0 Å². The molecule has 0 aromatic heterocycles. The van der Waals surface area contributed by atoms with Crippen molar-refractivity contribution in [3.63, 3.8) is 0 Å². The van der Waals surface area contributed by atoms with Crippen LogP contribution in [0, 0.1) is 0 Å². The molecular formula is C16H24FNO3. The highest BCUT2D eigenvalue weighted by atomic mass is 19.1. The van der Waals surface area contributed by atoms with Gasteiger partial charge in [0, 0.05) is 6.42 Å². The van der Waals surface area contributed by atoms with E-state index in [1.807, 2.05) is 12.1 Å². The normalized spacial score (nSPS) is 14.4. The minimum absolute atomic E-state index is 0.0336. The average Bonchev–Trinajstić information content (AvgIpc) is 2.35. The van der Waals surface area contributed by atoms with Crippen LogP contribution in [0.15, 0.2) is 24.3 Å². The Morgan fingerprint density at radius 1 is 1.19 bits per heavy atom. The van der Waals surface area contributed by atoms with Crippen LogP contribution in [0.1, 0.15) is 33.3 Å². The fourth-order valence-corrected chi connectivity index (χ4v) is 1.75. The van der Waals surface area contributed by atoms with Crippen LogP contribution < -0.4 is 10.5 Å². The van der Waals surface area contributed by atoms with Gasteiger partial charge in [0.2, 0.25) is 0 Å². The van der Waals surface area contributed by atoms with Gasteiger partial charge < -0.3 is 15.2 Å². The summed E-state index contributed by atoms with van der Waals surface area (Å²) in [6.45, 7) is 6.57. The lowest BCUT2D eigenvalue weighted by Gasteiger charge is -2.28. The second-order valence-corrected chi connectivity index (χ2v) is 6.28. The topological polar surface area (TPSA) is 61.5 Å². The second-order valence-electron chi connectivity index (χ2n) is 6.28. The molecule has 0 radical (unpaired) electrons. The van der Waals surface area contributed by atoms with Crippen LogP contribution in [0.25, 0.3) is 0 Å². The number of hydrogen-bond donors (Lipinski definition) is 1. The summed E-state index contributed by atoms with van der Waals surface area (Å²) < 4.78 is 22.5. The van der Waals surface area contributed by atoms with Gasteiger partial charge in [-0.25, -0.2) is 4.39 Å². The number of alkyl halides is 1. The number of benzene rings is 1. The van der Waals surface area contributed by atoms with Gasteiger partial charge >= 0.3 is 5.97 Å². The average molecular weight is 297 g/mol. The Hall–Kier alpha value is -1.62. The summed E-state index contributed by atoms with van der Waals surface area (Å²) in [6, 6.07) is 7.08. The molecule has 5 heteroatoms. The van der Waals surface area contributed by atoms with Crippen molar-refractivity contribution in [3.05, 3.63) is 29.8 Å². The summed E-state index contributed by atoms with van der Waals surface area (Å²) >= 11 is 0. The number of hydrogen-bond acceptors (Lipinski definition) is 4. The first kappa shape index (κ1) is 17.4. The molecule has 0 spiro atoms. The Labute approximate surface area is 125 Å². The van der Waals surface area contributed by atoms with E-state index in [4.69, 9.17) is 15.2 Å². The Bertz CT molecular complexity index is 463. The molecule has 0 saturated carbocycles. The largest absolute Gasteiger partial charge is 0.491 e. The van der Waals surface area contributed by atoms with Gasteiger partial charge in [-0.05, 0) is 45.4 Å². The zero-order valence-electron chi connectivity index (χ0n) is 13.1. The Kier molecular flexibility index (Phi) is 5.72. The van der Waals surface area contributed by atoms with Gasteiger partial charge in [-0.15, -0.1) is 0 Å². The van der Waals surface area contributed by atoms with Crippen molar-refractivity contribution in [2.75, 3.05) is 13.3 Å². The minimum Gasteiger partial charge on any atom is -0.491 e. The van der Waals surface area contributed by atoms with E-state index in [0.717, 1.165) is 5.56 Å². The molecule has 1 atom stereocenters. The fraction of sp³-hybridized carbons (Fsp3) is 0.562. The van der Waals surface area contributed by atoms with Crippen molar-refractivity contribution in [3.8, 4) is 5.75 Å².